The molecule has 3 heterocycles. The highest BCUT2D eigenvalue weighted by atomic mass is 16.5. The van der Waals surface area contributed by atoms with Gasteiger partial charge in [-0.3, -0.25) is 9.48 Å². The fourth-order valence-corrected chi connectivity index (χ4v) is 2.21. The zero-order chi connectivity index (χ0) is 13.2. The molecule has 0 radical (unpaired) electrons. The number of hydrogen-bond acceptors (Lipinski definition) is 5. The summed E-state index contributed by atoms with van der Waals surface area (Å²) in [4.78, 5) is 18.1. The summed E-state index contributed by atoms with van der Waals surface area (Å²) >= 11 is 0. The van der Waals surface area contributed by atoms with Gasteiger partial charge in [0.2, 0.25) is 5.89 Å². The smallest absolute Gasteiger partial charge is 0.257 e. The molecule has 7 nitrogen and oxygen atoms in total. The van der Waals surface area contributed by atoms with E-state index in [9.17, 15) is 4.79 Å². The van der Waals surface area contributed by atoms with Crippen LogP contribution in [0.4, 0.5) is 0 Å². The zero-order valence-electron chi connectivity index (χ0n) is 10.7. The van der Waals surface area contributed by atoms with Gasteiger partial charge in [0.25, 0.3) is 5.91 Å². The fourth-order valence-electron chi connectivity index (χ4n) is 2.21. The molecule has 2 aromatic heterocycles. The van der Waals surface area contributed by atoms with Gasteiger partial charge in [0.15, 0.2) is 5.82 Å². The number of rotatable bonds is 3. The standard InChI is InChI=1S/C12H15N5O2/c1-9-14-11(19-15-9)8-17-7-10(6-13-17)12(18)16-4-2-3-5-16/h6-7H,2-5,8H2,1H3. The lowest BCUT2D eigenvalue weighted by atomic mass is 10.3. The van der Waals surface area contributed by atoms with Gasteiger partial charge < -0.3 is 9.42 Å². The summed E-state index contributed by atoms with van der Waals surface area (Å²) in [7, 11) is 0. The first-order valence-corrected chi connectivity index (χ1v) is 6.33. The highest BCUT2D eigenvalue weighted by molar-refractivity contribution is 5.93. The minimum absolute atomic E-state index is 0.0467. The average Bonchev–Trinajstić information content (AvgIpc) is 3.10. The van der Waals surface area contributed by atoms with E-state index in [1.807, 2.05) is 4.90 Å². The number of nitrogens with zero attached hydrogens (tertiary/aromatic N) is 5. The number of amides is 1. The Labute approximate surface area is 110 Å². The van der Waals surface area contributed by atoms with Crippen molar-refractivity contribution in [3.05, 3.63) is 29.7 Å². The Bertz CT molecular complexity index is 582. The van der Waals surface area contributed by atoms with Crippen LogP contribution in [0.5, 0.6) is 0 Å². The predicted octanol–water partition coefficient (Wildman–Crippen LogP) is 0.859. The first-order chi connectivity index (χ1) is 9.22. The summed E-state index contributed by atoms with van der Waals surface area (Å²) in [6, 6.07) is 0. The van der Waals surface area contributed by atoms with Crippen LogP contribution in [0.2, 0.25) is 0 Å². The summed E-state index contributed by atoms with van der Waals surface area (Å²) in [5.41, 5.74) is 0.609. The highest BCUT2D eigenvalue weighted by Gasteiger charge is 2.20. The van der Waals surface area contributed by atoms with E-state index in [0.717, 1.165) is 25.9 Å². The third-order valence-corrected chi connectivity index (χ3v) is 3.14. The molecule has 1 fully saturated rings. The summed E-state index contributed by atoms with van der Waals surface area (Å²) < 4.78 is 6.66. The second kappa shape index (κ2) is 4.83. The van der Waals surface area contributed by atoms with Gasteiger partial charge >= 0.3 is 0 Å². The Morgan fingerprint density at radius 3 is 2.89 bits per heavy atom. The maximum absolute atomic E-state index is 12.1. The van der Waals surface area contributed by atoms with Crippen molar-refractivity contribution in [2.24, 2.45) is 0 Å². The Balaban J connectivity index is 1.70. The van der Waals surface area contributed by atoms with Gasteiger partial charge in [-0.05, 0) is 19.8 Å². The minimum atomic E-state index is 0.0467. The molecule has 0 unspecified atom stereocenters. The molecule has 0 aromatic carbocycles. The number of aromatic nitrogens is 4. The molecule has 1 saturated heterocycles. The second-order valence-electron chi connectivity index (χ2n) is 4.66. The number of aryl methyl sites for hydroxylation is 1. The van der Waals surface area contributed by atoms with E-state index >= 15 is 0 Å². The third-order valence-electron chi connectivity index (χ3n) is 3.14. The molecule has 0 saturated carbocycles. The van der Waals surface area contributed by atoms with Crippen LogP contribution in [0.25, 0.3) is 0 Å². The molecule has 100 valence electrons. The van der Waals surface area contributed by atoms with Gasteiger partial charge in [0.05, 0.1) is 11.8 Å². The van der Waals surface area contributed by atoms with Crippen LogP contribution in [0.15, 0.2) is 16.9 Å². The molecule has 0 atom stereocenters. The van der Waals surface area contributed by atoms with Crippen molar-refractivity contribution in [1.82, 2.24) is 24.8 Å². The maximum Gasteiger partial charge on any atom is 0.257 e. The molecule has 1 aliphatic heterocycles. The summed E-state index contributed by atoms with van der Waals surface area (Å²) in [6.07, 6.45) is 5.48. The molecule has 3 rings (SSSR count). The average molecular weight is 261 g/mol. The number of carbonyl (C=O) groups is 1. The summed E-state index contributed by atoms with van der Waals surface area (Å²) in [5.74, 6) is 1.13. The molecule has 19 heavy (non-hydrogen) atoms. The van der Waals surface area contributed by atoms with E-state index in [1.54, 1.807) is 24.0 Å². The lowest BCUT2D eigenvalue weighted by molar-refractivity contribution is 0.0792. The van der Waals surface area contributed by atoms with Crippen molar-refractivity contribution in [3.63, 3.8) is 0 Å². The molecule has 0 aliphatic carbocycles. The van der Waals surface area contributed by atoms with E-state index in [0.29, 0.717) is 23.8 Å². The number of hydrogen-bond donors (Lipinski definition) is 0. The Hall–Kier alpha value is -2.18. The largest absolute Gasteiger partial charge is 0.339 e. The van der Waals surface area contributed by atoms with Gasteiger partial charge in [-0.1, -0.05) is 5.16 Å². The molecule has 1 aliphatic rings. The number of likely N-dealkylation sites (tertiary alicyclic amines) is 1. The van der Waals surface area contributed by atoms with Gasteiger partial charge in [-0.25, -0.2) is 0 Å². The number of carbonyl (C=O) groups excluding carboxylic acids is 1. The van der Waals surface area contributed by atoms with Gasteiger partial charge in [0, 0.05) is 19.3 Å². The van der Waals surface area contributed by atoms with E-state index in [-0.39, 0.29) is 5.91 Å². The van der Waals surface area contributed by atoms with Crippen molar-refractivity contribution in [2.75, 3.05) is 13.1 Å². The normalized spacial score (nSPS) is 15.1. The van der Waals surface area contributed by atoms with Gasteiger partial charge in [-0.15, -0.1) is 0 Å². The van der Waals surface area contributed by atoms with Crippen LogP contribution >= 0.6 is 0 Å². The van der Waals surface area contributed by atoms with E-state index in [1.165, 1.54) is 0 Å². The Morgan fingerprint density at radius 1 is 1.42 bits per heavy atom. The zero-order valence-corrected chi connectivity index (χ0v) is 10.7. The molecule has 7 heteroatoms. The Kier molecular flexibility index (Phi) is 3.02. The molecule has 0 bridgehead atoms. The first kappa shape index (κ1) is 11.9. The van der Waals surface area contributed by atoms with Crippen molar-refractivity contribution in [2.45, 2.75) is 26.3 Å². The van der Waals surface area contributed by atoms with Crippen molar-refractivity contribution < 1.29 is 9.32 Å². The van der Waals surface area contributed by atoms with Crippen LogP contribution in [0.1, 0.15) is 34.9 Å². The molecular weight excluding hydrogens is 246 g/mol. The van der Waals surface area contributed by atoms with Gasteiger partial charge in [-0.2, -0.15) is 10.1 Å². The van der Waals surface area contributed by atoms with Crippen molar-refractivity contribution in [1.29, 1.82) is 0 Å². The van der Waals surface area contributed by atoms with Gasteiger partial charge in [0.1, 0.15) is 6.54 Å². The topological polar surface area (TPSA) is 77.0 Å². The van der Waals surface area contributed by atoms with Crippen molar-refractivity contribution >= 4 is 5.91 Å². The molecule has 0 spiro atoms. The Morgan fingerprint density at radius 2 is 2.21 bits per heavy atom. The van der Waals surface area contributed by atoms with E-state index in [2.05, 4.69) is 15.2 Å². The minimum Gasteiger partial charge on any atom is -0.339 e. The van der Waals surface area contributed by atoms with E-state index in [4.69, 9.17) is 4.52 Å². The monoisotopic (exact) mass is 261 g/mol. The van der Waals surface area contributed by atoms with Crippen LogP contribution in [-0.2, 0) is 6.54 Å². The quantitative estimate of drug-likeness (QED) is 0.819. The van der Waals surface area contributed by atoms with E-state index < -0.39 is 0 Å². The maximum atomic E-state index is 12.1. The SMILES string of the molecule is Cc1noc(Cn2cc(C(=O)N3CCCC3)cn2)n1. The third kappa shape index (κ3) is 2.49. The van der Waals surface area contributed by atoms with Crippen LogP contribution < -0.4 is 0 Å². The van der Waals surface area contributed by atoms with Crippen LogP contribution in [0.3, 0.4) is 0 Å². The predicted molar refractivity (Wildman–Crippen MR) is 65.5 cm³/mol. The molecule has 1 amide bonds. The summed E-state index contributed by atoms with van der Waals surface area (Å²) in [5, 5.41) is 7.87. The van der Waals surface area contributed by atoms with Crippen LogP contribution in [0, 0.1) is 6.92 Å². The summed E-state index contributed by atoms with van der Waals surface area (Å²) in [6.45, 7) is 3.83. The van der Waals surface area contributed by atoms with Crippen molar-refractivity contribution in [3.8, 4) is 0 Å². The first-order valence-electron chi connectivity index (χ1n) is 6.33. The fraction of sp³-hybridized carbons (Fsp3) is 0.500. The molecular formula is C12H15N5O2. The lowest BCUT2D eigenvalue weighted by Crippen LogP contribution is -2.27. The lowest BCUT2D eigenvalue weighted by Gasteiger charge is -2.13. The molecule has 0 N–H and O–H groups in total. The van der Waals surface area contributed by atoms with Crippen LogP contribution in [-0.4, -0.2) is 43.8 Å². The second-order valence-corrected chi connectivity index (χ2v) is 4.66. The molecule has 2 aromatic rings. The highest BCUT2D eigenvalue weighted by Crippen LogP contribution is 2.12.